The van der Waals surface area contributed by atoms with Crippen LogP contribution in [-0.4, -0.2) is 19.3 Å². The maximum atomic E-state index is 4.32. The van der Waals surface area contributed by atoms with Gasteiger partial charge in [-0.2, -0.15) is 5.10 Å². The highest BCUT2D eigenvalue weighted by molar-refractivity contribution is 5.26. The molecule has 0 aliphatic carbocycles. The van der Waals surface area contributed by atoms with Gasteiger partial charge in [0.1, 0.15) is 0 Å². The van der Waals surface area contributed by atoms with Gasteiger partial charge in [-0.15, -0.1) is 0 Å². The van der Waals surface area contributed by atoms with Crippen LogP contribution in [-0.2, 0) is 20.1 Å². The van der Waals surface area contributed by atoms with Crippen molar-refractivity contribution in [3.8, 4) is 0 Å². The Kier molecular flexibility index (Phi) is 3.46. The number of hydrogen-bond donors (Lipinski definition) is 1. The Balaban J connectivity index is 1.97. The van der Waals surface area contributed by atoms with E-state index >= 15 is 0 Å². The third kappa shape index (κ3) is 3.09. The second-order valence-corrected chi connectivity index (χ2v) is 4.63. The van der Waals surface area contributed by atoms with E-state index in [0.717, 1.165) is 18.2 Å². The summed E-state index contributed by atoms with van der Waals surface area (Å²) in [5.74, 6) is 1.52. The van der Waals surface area contributed by atoms with Gasteiger partial charge in [-0.25, -0.2) is 4.98 Å². The van der Waals surface area contributed by atoms with Crippen molar-refractivity contribution >= 4 is 5.95 Å². The molecule has 0 fully saturated rings. The van der Waals surface area contributed by atoms with Gasteiger partial charge in [-0.3, -0.25) is 4.68 Å². The van der Waals surface area contributed by atoms with Crippen LogP contribution in [0, 0.1) is 5.92 Å². The second kappa shape index (κ2) is 5.03. The van der Waals surface area contributed by atoms with Gasteiger partial charge in [-0.1, -0.05) is 13.8 Å². The first-order valence-electron chi connectivity index (χ1n) is 5.88. The summed E-state index contributed by atoms with van der Waals surface area (Å²) >= 11 is 0. The van der Waals surface area contributed by atoms with Gasteiger partial charge in [-0.05, 0) is 12.0 Å². The number of anilines is 1. The van der Waals surface area contributed by atoms with Gasteiger partial charge in [0.05, 0.1) is 12.2 Å². The standard InChI is InChI=1S/C12H19N5/c1-10(2)9-17-7-5-13-12(17)14-8-11-4-6-16(3)15-11/h4-7,10H,8-9H2,1-3H3,(H,13,14). The van der Waals surface area contributed by atoms with E-state index in [1.54, 1.807) is 4.68 Å². The van der Waals surface area contributed by atoms with Crippen molar-refractivity contribution in [1.29, 1.82) is 0 Å². The zero-order valence-corrected chi connectivity index (χ0v) is 10.6. The fourth-order valence-corrected chi connectivity index (χ4v) is 1.74. The molecule has 2 rings (SSSR count). The Morgan fingerprint density at radius 3 is 2.82 bits per heavy atom. The third-order valence-electron chi connectivity index (χ3n) is 2.47. The molecule has 2 aromatic heterocycles. The highest BCUT2D eigenvalue weighted by atomic mass is 15.3. The molecule has 0 aliphatic rings. The molecule has 0 amide bonds. The topological polar surface area (TPSA) is 47.7 Å². The molecule has 0 spiro atoms. The van der Waals surface area contributed by atoms with Crippen molar-refractivity contribution in [2.45, 2.75) is 26.9 Å². The van der Waals surface area contributed by atoms with Crippen LogP contribution in [0.15, 0.2) is 24.7 Å². The highest BCUT2D eigenvalue weighted by Crippen LogP contribution is 2.09. The molecule has 2 heterocycles. The van der Waals surface area contributed by atoms with E-state index in [0.29, 0.717) is 12.5 Å². The molecule has 17 heavy (non-hydrogen) atoms. The van der Waals surface area contributed by atoms with Crippen molar-refractivity contribution in [1.82, 2.24) is 19.3 Å². The van der Waals surface area contributed by atoms with E-state index in [2.05, 4.69) is 33.8 Å². The van der Waals surface area contributed by atoms with Gasteiger partial charge < -0.3 is 9.88 Å². The zero-order valence-electron chi connectivity index (χ0n) is 10.6. The van der Waals surface area contributed by atoms with E-state index in [9.17, 15) is 0 Å². The first kappa shape index (κ1) is 11.7. The third-order valence-corrected chi connectivity index (χ3v) is 2.47. The molecule has 5 nitrogen and oxygen atoms in total. The Bertz CT molecular complexity index is 469. The predicted octanol–water partition coefficient (Wildman–Crippen LogP) is 1.88. The number of aromatic nitrogens is 4. The minimum Gasteiger partial charge on any atom is -0.350 e. The number of imidazole rings is 1. The summed E-state index contributed by atoms with van der Waals surface area (Å²) in [7, 11) is 1.92. The van der Waals surface area contributed by atoms with E-state index in [1.165, 1.54) is 0 Å². The lowest BCUT2D eigenvalue weighted by molar-refractivity contribution is 0.526. The normalized spacial score (nSPS) is 11.1. The molecule has 1 N–H and O–H groups in total. The summed E-state index contributed by atoms with van der Waals surface area (Å²) in [6, 6.07) is 2.00. The van der Waals surface area contributed by atoms with Crippen molar-refractivity contribution in [3.63, 3.8) is 0 Å². The minimum absolute atomic E-state index is 0.611. The number of nitrogens with one attached hydrogen (secondary N) is 1. The molecule has 0 unspecified atom stereocenters. The van der Waals surface area contributed by atoms with Crippen LogP contribution >= 0.6 is 0 Å². The van der Waals surface area contributed by atoms with Crippen LogP contribution in [0.25, 0.3) is 0 Å². The summed E-state index contributed by atoms with van der Waals surface area (Å²) in [6.07, 6.45) is 5.77. The van der Waals surface area contributed by atoms with Crippen molar-refractivity contribution in [2.75, 3.05) is 5.32 Å². The monoisotopic (exact) mass is 233 g/mol. The molecular weight excluding hydrogens is 214 g/mol. The lowest BCUT2D eigenvalue weighted by Crippen LogP contribution is -2.10. The number of rotatable bonds is 5. The van der Waals surface area contributed by atoms with E-state index in [1.807, 2.05) is 31.7 Å². The molecule has 0 saturated heterocycles. The predicted molar refractivity (Wildman–Crippen MR) is 67.6 cm³/mol. The maximum absolute atomic E-state index is 4.32. The summed E-state index contributed by atoms with van der Waals surface area (Å²) in [5.41, 5.74) is 1.02. The average molecular weight is 233 g/mol. The van der Waals surface area contributed by atoms with Gasteiger partial charge in [0.15, 0.2) is 0 Å². The largest absolute Gasteiger partial charge is 0.350 e. The van der Waals surface area contributed by atoms with Gasteiger partial charge in [0.2, 0.25) is 5.95 Å². The van der Waals surface area contributed by atoms with Crippen molar-refractivity contribution < 1.29 is 0 Å². The lowest BCUT2D eigenvalue weighted by Gasteiger charge is -2.10. The molecule has 2 aromatic rings. The summed E-state index contributed by atoms with van der Waals surface area (Å²) in [5, 5.41) is 7.62. The zero-order chi connectivity index (χ0) is 12.3. The molecule has 0 radical (unpaired) electrons. The smallest absolute Gasteiger partial charge is 0.203 e. The molecule has 0 atom stereocenters. The van der Waals surface area contributed by atoms with Crippen LogP contribution in [0.5, 0.6) is 0 Å². The van der Waals surface area contributed by atoms with Crippen molar-refractivity contribution in [2.24, 2.45) is 13.0 Å². The van der Waals surface area contributed by atoms with Crippen LogP contribution in [0.1, 0.15) is 19.5 Å². The molecule has 0 bridgehead atoms. The Hall–Kier alpha value is -1.78. The Morgan fingerprint density at radius 1 is 1.35 bits per heavy atom. The van der Waals surface area contributed by atoms with Gasteiger partial charge >= 0.3 is 0 Å². The summed E-state index contributed by atoms with van der Waals surface area (Å²) in [6.45, 7) is 6.07. The molecule has 0 saturated carbocycles. The quantitative estimate of drug-likeness (QED) is 0.857. The minimum atomic E-state index is 0.611. The van der Waals surface area contributed by atoms with Crippen LogP contribution < -0.4 is 5.32 Å². The van der Waals surface area contributed by atoms with Gasteiger partial charge in [0.25, 0.3) is 0 Å². The highest BCUT2D eigenvalue weighted by Gasteiger charge is 2.04. The lowest BCUT2D eigenvalue weighted by atomic mass is 10.2. The molecular formula is C12H19N5. The molecule has 0 aliphatic heterocycles. The Morgan fingerprint density at radius 2 is 2.18 bits per heavy atom. The van der Waals surface area contributed by atoms with E-state index < -0.39 is 0 Å². The summed E-state index contributed by atoms with van der Waals surface area (Å²) < 4.78 is 3.94. The van der Waals surface area contributed by atoms with E-state index in [-0.39, 0.29) is 0 Å². The van der Waals surface area contributed by atoms with E-state index in [4.69, 9.17) is 0 Å². The maximum Gasteiger partial charge on any atom is 0.203 e. The van der Waals surface area contributed by atoms with Crippen molar-refractivity contribution in [3.05, 3.63) is 30.4 Å². The molecule has 0 aromatic carbocycles. The van der Waals surface area contributed by atoms with Crippen LogP contribution in [0.3, 0.4) is 0 Å². The Labute approximate surface area is 101 Å². The SMILES string of the molecule is CC(C)Cn1ccnc1NCc1ccn(C)n1. The fourth-order valence-electron chi connectivity index (χ4n) is 1.74. The number of nitrogens with zero attached hydrogens (tertiary/aromatic N) is 4. The number of hydrogen-bond acceptors (Lipinski definition) is 3. The van der Waals surface area contributed by atoms with Crippen LogP contribution in [0.4, 0.5) is 5.95 Å². The second-order valence-electron chi connectivity index (χ2n) is 4.63. The fraction of sp³-hybridized carbons (Fsp3) is 0.500. The van der Waals surface area contributed by atoms with Crippen LogP contribution in [0.2, 0.25) is 0 Å². The van der Waals surface area contributed by atoms with Gasteiger partial charge in [0, 0.05) is 32.2 Å². The molecule has 5 heteroatoms. The average Bonchev–Trinajstić information content (AvgIpc) is 2.84. The first-order valence-corrected chi connectivity index (χ1v) is 5.88. The number of aryl methyl sites for hydroxylation is 1. The molecule has 92 valence electrons. The first-order chi connectivity index (χ1) is 8.15. The summed E-state index contributed by atoms with van der Waals surface area (Å²) in [4.78, 5) is 4.31.